The molecular formula is C30H24INO6. The average Bonchev–Trinajstić information content (AvgIpc) is 3.17. The zero-order chi connectivity index (χ0) is 26.9. The number of hydrogen-bond donors (Lipinski definition) is 1. The van der Waals surface area contributed by atoms with Crippen LogP contribution in [-0.2, 0) is 19.2 Å². The third-order valence-corrected chi connectivity index (χ3v) is 8.91. The summed E-state index contributed by atoms with van der Waals surface area (Å²) in [5.41, 5.74) is 3.26. The van der Waals surface area contributed by atoms with Crippen LogP contribution < -0.4 is 9.64 Å². The maximum Gasteiger partial charge on any atom is 0.238 e. The predicted octanol–water partition coefficient (Wildman–Crippen LogP) is 4.64. The number of amides is 2. The Balaban J connectivity index is 1.49. The number of carbonyl (C=O) groups excluding carboxylic acids is 4. The maximum atomic E-state index is 13.9. The van der Waals surface area contributed by atoms with Gasteiger partial charge in [0.25, 0.3) is 0 Å². The third kappa shape index (κ3) is 3.60. The molecule has 1 N–H and O–H groups in total. The number of carbonyl (C=O) groups is 4. The van der Waals surface area contributed by atoms with E-state index in [1.54, 1.807) is 31.2 Å². The van der Waals surface area contributed by atoms with Crippen molar-refractivity contribution >= 4 is 51.7 Å². The van der Waals surface area contributed by atoms with Crippen LogP contribution in [0.4, 0.5) is 5.69 Å². The van der Waals surface area contributed by atoms with Gasteiger partial charge in [0.15, 0.2) is 23.1 Å². The SMILES string of the molecule is COc1cc(C2C3=CCC4C(=O)N(c5ccc(I)cc5)C(=O)C4C3CC3=C2C(=O)C(C)=CC3=O)ccc1O. The number of Topliss-reactive ketones (excluding diaryl/α,β-unsaturated/α-hetero) is 1. The summed E-state index contributed by atoms with van der Waals surface area (Å²) in [4.78, 5) is 55.4. The number of phenols is 1. The summed E-state index contributed by atoms with van der Waals surface area (Å²) in [6, 6.07) is 12.1. The van der Waals surface area contributed by atoms with E-state index < -0.39 is 23.7 Å². The fourth-order valence-electron chi connectivity index (χ4n) is 6.46. The van der Waals surface area contributed by atoms with E-state index in [-0.39, 0.29) is 41.3 Å². The van der Waals surface area contributed by atoms with Gasteiger partial charge in [0.2, 0.25) is 11.8 Å². The molecule has 0 radical (unpaired) electrons. The van der Waals surface area contributed by atoms with E-state index in [2.05, 4.69) is 22.6 Å². The van der Waals surface area contributed by atoms with Crippen molar-refractivity contribution in [2.75, 3.05) is 12.0 Å². The molecule has 3 aliphatic carbocycles. The Morgan fingerprint density at radius 3 is 2.45 bits per heavy atom. The van der Waals surface area contributed by atoms with Gasteiger partial charge in [-0.25, -0.2) is 0 Å². The highest BCUT2D eigenvalue weighted by Gasteiger charge is 2.56. The Hall–Kier alpha value is -3.53. The number of methoxy groups -OCH3 is 1. The summed E-state index contributed by atoms with van der Waals surface area (Å²) in [5.74, 6) is -2.90. The molecule has 1 aliphatic heterocycles. The number of benzene rings is 2. The molecule has 192 valence electrons. The van der Waals surface area contributed by atoms with Crippen LogP contribution in [0.3, 0.4) is 0 Å². The highest BCUT2D eigenvalue weighted by Crippen LogP contribution is 2.55. The number of imide groups is 1. The van der Waals surface area contributed by atoms with Crippen LogP contribution in [0.2, 0.25) is 0 Å². The second-order valence-electron chi connectivity index (χ2n) is 10.1. The molecule has 4 atom stereocenters. The lowest BCUT2D eigenvalue weighted by Gasteiger charge is -2.42. The quantitative estimate of drug-likeness (QED) is 0.232. The number of ketones is 2. The van der Waals surface area contributed by atoms with Gasteiger partial charge in [-0.1, -0.05) is 17.7 Å². The van der Waals surface area contributed by atoms with Crippen LogP contribution in [-0.4, -0.2) is 35.6 Å². The minimum absolute atomic E-state index is 0.0395. The zero-order valence-corrected chi connectivity index (χ0v) is 22.9. The van der Waals surface area contributed by atoms with Crippen LogP contribution in [0.1, 0.15) is 31.2 Å². The van der Waals surface area contributed by atoms with Crippen molar-refractivity contribution in [1.29, 1.82) is 0 Å². The lowest BCUT2D eigenvalue weighted by molar-refractivity contribution is -0.123. The molecule has 0 spiro atoms. The smallest absolute Gasteiger partial charge is 0.238 e. The van der Waals surface area contributed by atoms with E-state index in [1.807, 2.05) is 18.2 Å². The van der Waals surface area contributed by atoms with Gasteiger partial charge in [-0.05, 0) is 96.3 Å². The summed E-state index contributed by atoms with van der Waals surface area (Å²) in [5, 5.41) is 10.2. The molecule has 8 heteroatoms. The molecule has 4 aliphatic rings. The first kappa shape index (κ1) is 24.8. The molecule has 1 heterocycles. The number of halogens is 1. The monoisotopic (exact) mass is 621 g/mol. The Bertz CT molecular complexity index is 1530. The van der Waals surface area contributed by atoms with Crippen LogP contribution in [0.5, 0.6) is 11.5 Å². The van der Waals surface area contributed by atoms with Gasteiger partial charge in [0.1, 0.15) is 0 Å². The number of fused-ring (bicyclic) bond motifs is 3. The third-order valence-electron chi connectivity index (χ3n) is 8.19. The number of nitrogens with zero attached hydrogens (tertiary/aromatic N) is 1. The number of ether oxygens (including phenoxy) is 1. The number of hydrogen-bond acceptors (Lipinski definition) is 6. The molecule has 0 bridgehead atoms. The lowest BCUT2D eigenvalue weighted by Crippen LogP contribution is -2.39. The lowest BCUT2D eigenvalue weighted by atomic mass is 9.59. The van der Waals surface area contributed by atoms with Crippen LogP contribution in [0, 0.1) is 21.3 Å². The van der Waals surface area contributed by atoms with Crippen molar-refractivity contribution in [3.05, 3.63) is 86.0 Å². The molecule has 7 nitrogen and oxygen atoms in total. The average molecular weight is 621 g/mol. The van der Waals surface area contributed by atoms with E-state index in [9.17, 15) is 24.3 Å². The van der Waals surface area contributed by atoms with Crippen molar-refractivity contribution < 1.29 is 29.0 Å². The fraction of sp³-hybridized carbons (Fsp3) is 0.267. The molecule has 2 amide bonds. The molecule has 38 heavy (non-hydrogen) atoms. The van der Waals surface area contributed by atoms with Crippen molar-refractivity contribution in [3.63, 3.8) is 0 Å². The van der Waals surface area contributed by atoms with Gasteiger partial charge < -0.3 is 9.84 Å². The predicted molar refractivity (Wildman–Crippen MR) is 148 cm³/mol. The second-order valence-corrected chi connectivity index (χ2v) is 11.4. The number of aromatic hydroxyl groups is 1. The van der Waals surface area contributed by atoms with E-state index in [0.717, 1.165) is 9.14 Å². The van der Waals surface area contributed by atoms with Gasteiger partial charge in [0.05, 0.1) is 24.6 Å². The molecule has 0 saturated carbocycles. The number of allylic oxidation sites excluding steroid dienone is 6. The first-order valence-electron chi connectivity index (χ1n) is 12.4. The highest BCUT2D eigenvalue weighted by atomic mass is 127. The van der Waals surface area contributed by atoms with Gasteiger partial charge in [0, 0.05) is 26.2 Å². The highest BCUT2D eigenvalue weighted by molar-refractivity contribution is 14.1. The standard InChI is InChI=1S/C30H24INO6/c1-14-11-23(34)21-13-20-18(25(27(21)28(14)35)15-3-10-22(33)24(12-15)38-2)8-9-19-26(20)30(37)32(29(19)36)17-6-4-16(31)5-7-17/h3-8,10-12,19-20,25-26,33H,9,13H2,1-2H3. The van der Waals surface area contributed by atoms with Crippen LogP contribution in [0.25, 0.3) is 0 Å². The summed E-state index contributed by atoms with van der Waals surface area (Å²) < 4.78 is 6.33. The summed E-state index contributed by atoms with van der Waals surface area (Å²) in [7, 11) is 1.45. The Labute approximate surface area is 233 Å². The fourth-order valence-corrected chi connectivity index (χ4v) is 6.82. The second kappa shape index (κ2) is 9.04. The van der Waals surface area contributed by atoms with E-state index in [1.165, 1.54) is 24.2 Å². The molecule has 6 rings (SSSR count). The number of phenolic OH excluding ortho intramolecular Hbond substituents is 1. The normalized spacial score (nSPS) is 26.6. The minimum Gasteiger partial charge on any atom is -0.504 e. The van der Waals surface area contributed by atoms with Gasteiger partial charge in [-0.3, -0.25) is 24.1 Å². The molecule has 2 aromatic rings. The molecular weight excluding hydrogens is 597 g/mol. The topological polar surface area (TPSA) is 101 Å². The minimum atomic E-state index is -0.632. The van der Waals surface area contributed by atoms with Crippen LogP contribution >= 0.6 is 22.6 Å². The first-order chi connectivity index (χ1) is 18.2. The Morgan fingerprint density at radius 1 is 1.00 bits per heavy atom. The maximum absolute atomic E-state index is 13.9. The summed E-state index contributed by atoms with van der Waals surface area (Å²) in [6.45, 7) is 1.63. The number of anilines is 1. The van der Waals surface area contributed by atoms with E-state index in [4.69, 9.17) is 4.74 Å². The van der Waals surface area contributed by atoms with Crippen molar-refractivity contribution in [3.8, 4) is 11.5 Å². The molecule has 2 aromatic carbocycles. The molecule has 1 fully saturated rings. The van der Waals surface area contributed by atoms with Gasteiger partial charge in [-0.2, -0.15) is 0 Å². The van der Waals surface area contributed by atoms with Crippen molar-refractivity contribution in [1.82, 2.24) is 0 Å². The van der Waals surface area contributed by atoms with Crippen LogP contribution in [0.15, 0.2) is 76.9 Å². The Kier molecular flexibility index (Phi) is 5.90. The van der Waals surface area contributed by atoms with E-state index >= 15 is 0 Å². The first-order valence-corrected chi connectivity index (χ1v) is 13.5. The zero-order valence-electron chi connectivity index (χ0n) is 20.7. The molecule has 1 saturated heterocycles. The Morgan fingerprint density at radius 2 is 1.74 bits per heavy atom. The van der Waals surface area contributed by atoms with Gasteiger partial charge >= 0.3 is 0 Å². The van der Waals surface area contributed by atoms with E-state index in [0.29, 0.717) is 34.4 Å². The summed E-state index contributed by atoms with van der Waals surface area (Å²) in [6.07, 6.45) is 3.94. The van der Waals surface area contributed by atoms with Crippen molar-refractivity contribution in [2.24, 2.45) is 17.8 Å². The van der Waals surface area contributed by atoms with Crippen molar-refractivity contribution in [2.45, 2.75) is 25.7 Å². The number of rotatable bonds is 3. The molecule has 0 aromatic heterocycles. The summed E-state index contributed by atoms with van der Waals surface area (Å²) >= 11 is 2.17. The van der Waals surface area contributed by atoms with Gasteiger partial charge in [-0.15, -0.1) is 0 Å². The largest absolute Gasteiger partial charge is 0.504 e. The molecule has 4 unspecified atom stereocenters.